The number of hydrogen-bond acceptors (Lipinski definition) is 1. The molecule has 0 aromatic heterocycles. The molecule has 1 nitrogen and oxygen atoms in total. The molecule has 0 saturated heterocycles. The van der Waals surface area contributed by atoms with Crippen LogP contribution in [-0.2, 0) is 6.54 Å². The van der Waals surface area contributed by atoms with Crippen molar-refractivity contribution in [3.8, 4) is 0 Å². The second kappa shape index (κ2) is 6.89. The molecule has 0 bridgehead atoms. The Labute approximate surface area is 101 Å². The van der Waals surface area contributed by atoms with Gasteiger partial charge in [0.15, 0.2) is 0 Å². The normalized spacial score (nSPS) is 11.1. The summed E-state index contributed by atoms with van der Waals surface area (Å²) in [5, 5.41) is 4.70. The fourth-order valence-electron chi connectivity index (χ4n) is 1.30. The van der Waals surface area contributed by atoms with Crippen LogP contribution >= 0.6 is 23.2 Å². The minimum atomic E-state index is 0.688. The molecule has 0 aliphatic heterocycles. The van der Waals surface area contributed by atoms with Gasteiger partial charge in [-0.1, -0.05) is 35.4 Å². The molecule has 1 aromatic carbocycles. The van der Waals surface area contributed by atoms with Gasteiger partial charge < -0.3 is 5.32 Å². The summed E-state index contributed by atoms with van der Waals surface area (Å²) in [4.78, 5) is 0. The summed E-state index contributed by atoms with van der Waals surface area (Å²) >= 11 is 11.8. The quantitative estimate of drug-likeness (QED) is 0.608. The van der Waals surface area contributed by atoms with Gasteiger partial charge in [0.1, 0.15) is 0 Å². The van der Waals surface area contributed by atoms with Gasteiger partial charge in [-0.3, -0.25) is 0 Å². The van der Waals surface area contributed by atoms with E-state index in [4.69, 9.17) is 23.2 Å². The fraction of sp³-hybridized carbons (Fsp3) is 0.333. The molecule has 1 N–H and O–H groups in total. The number of hydrogen-bond donors (Lipinski definition) is 1. The van der Waals surface area contributed by atoms with E-state index in [1.807, 2.05) is 19.1 Å². The summed E-state index contributed by atoms with van der Waals surface area (Å²) in [7, 11) is 0. The molecule has 0 spiro atoms. The molecule has 0 radical (unpaired) electrons. The van der Waals surface area contributed by atoms with E-state index in [-0.39, 0.29) is 0 Å². The van der Waals surface area contributed by atoms with Gasteiger partial charge in [-0.25, -0.2) is 0 Å². The highest BCUT2D eigenvalue weighted by Crippen LogP contribution is 2.18. The first-order chi connectivity index (χ1) is 7.22. The van der Waals surface area contributed by atoms with E-state index < -0.39 is 0 Å². The Balaban J connectivity index is 2.37. The molecular formula is C12H15Cl2N. The fourth-order valence-corrected chi connectivity index (χ4v) is 1.87. The average Bonchev–Trinajstić information content (AvgIpc) is 2.16. The molecule has 0 atom stereocenters. The molecule has 0 aliphatic carbocycles. The van der Waals surface area contributed by atoms with Crippen molar-refractivity contribution in [3.05, 3.63) is 46.0 Å². The zero-order chi connectivity index (χ0) is 11.1. The Bertz CT molecular complexity index is 314. The van der Waals surface area contributed by atoms with E-state index in [0.29, 0.717) is 10.0 Å². The highest BCUT2D eigenvalue weighted by molar-refractivity contribution is 6.34. The highest BCUT2D eigenvalue weighted by atomic mass is 35.5. The lowest BCUT2D eigenvalue weighted by molar-refractivity contribution is 0.695. The number of allylic oxidation sites excluding steroid dienone is 1. The van der Waals surface area contributed by atoms with Crippen molar-refractivity contribution < 1.29 is 0 Å². The van der Waals surface area contributed by atoms with Crippen LogP contribution in [-0.4, -0.2) is 6.54 Å². The van der Waals surface area contributed by atoms with Crippen molar-refractivity contribution in [2.75, 3.05) is 6.54 Å². The van der Waals surface area contributed by atoms with Crippen LogP contribution in [0.5, 0.6) is 0 Å². The minimum absolute atomic E-state index is 0.688. The van der Waals surface area contributed by atoms with Crippen LogP contribution in [0.15, 0.2) is 30.4 Å². The summed E-state index contributed by atoms with van der Waals surface area (Å²) < 4.78 is 0. The van der Waals surface area contributed by atoms with Crippen LogP contribution in [0.2, 0.25) is 10.0 Å². The Morgan fingerprint density at radius 3 is 2.47 bits per heavy atom. The topological polar surface area (TPSA) is 12.0 Å². The van der Waals surface area contributed by atoms with Gasteiger partial charge in [0.25, 0.3) is 0 Å². The predicted octanol–water partition coefficient (Wildman–Crippen LogP) is 4.05. The first kappa shape index (κ1) is 12.6. The maximum atomic E-state index is 5.89. The lowest BCUT2D eigenvalue weighted by Crippen LogP contribution is -2.13. The Morgan fingerprint density at radius 1 is 1.20 bits per heavy atom. The molecule has 0 heterocycles. The highest BCUT2D eigenvalue weighted by Gasteiger charge is 1.97. The standard InChI is InChI=1S/C12H15Cl2N/c1-2-3-4-5-15-9-10-6-11(13)8-12(14)7-10/h2-3,6-8,15H,4-5,9H2,1H3/b3-2+. The van der Waals surface area contributed by atoms with E-state index in [0.717, 1.165) is 25.1 Å². The van der Waals surface area contributed by atoms with E-state index in [9.17, 15) is 0 Å². The van der Waals surface area contributed by atoms with Crippen molar-refractivity contribution in [2.45, 2.75) is 19.9 Å². The molecule has 0 unspecified atom stereocenters. The van der Waals surface area contributed by atoms with Crippen molar-refractivity contribution in [3.63, 3.8) is 0 Å². The molecule has 82 valence electrons. The van der Waals surface area contributed by atoms with Gasteiger partial charge in [0.05, 0.1) is 0 Å². The minimum Gasteiger partial charge on any atom is -0.312 e. The van der Waals surface area contributed by atoms with Gasteiger partial charge in [0.2, 0.25) is 0 Å². The van der Waals surface area contributed by atoms with Crippen LogP contribution < -0.4 is 5.32 Å². The van der Waals surface area contributed by atoms with Crippen LogP contribution in [0, 0.1) is 0 Å². The zero-order valence-electron chi connectivity index (χ0n) is 8.76. The summed E-state index contributed by atoms with van der Waals surface area (Å²) in [6.07, 6.45) is 5.24. The maximum Gasteiger partial charge on any atom is 0.0424 e. The number of halogens is 2. The van der Waals surface area contributed by atoms with Gasteiger partial charge >= 0.3 is 0 Å². The van der Waals surface area contributed by atoms with Gasteiger partial charge in [-0.15, -0.1) is 0 Å². The zero-order valence-corrected chi connectivity index (χ0v) is 10.3. The second-order valence-corrected chi connectivity index (χ2v) is 4.19. The van der Waals surface area contributed by atoms with E-state index in [1.54, 1.807) is 6.07 Å². The molecular weight excluding hydrogens is 229 g/mol. The van der Waals surface area contributed by atoms with Crippen molar-refractivity contribution in [1.82, 2.24) is 5.32 Å². The number of nitrogens with one attached hydrogen (secondary N) is 1. The lowest BCUT2D eigenvalue weighted by Gasteiger charge is -2.04. The second-order valence-electron chi connectivity index (χ2n) is 3.31. The van der Waals surface area contributed by atoms with E-state index in [1.165, 1.54) is 0 Å². The van der Waals surface area contributed by atoms with Crippen molar-refractivity contribution in [2.24, 2.45) is 0 Å². The lowest BCUT2D eigenvalue weighted by atomic mass is 10.2. The molecule has 15 heavy (non-hydrogen) atoms. The van der Waals surface area contributed by atoms with Crippen LogP contribution in [0.4, 0.5) is 0 Å². The molecule has 0 saturated carbocycles. The summed E-state index contributed by atoms with van der Waals surface area (Å²) in [5.41, 5.74) is 1.12. The molecule has 3 heteroatoms. The monoisotopic (exact) mass is 243 g/mol. The SMILES string of the molecule is C/C=C/CCNCc1cc(Cl)cc(Cl)c1. The summed E-state index contributed by atoms with van der Waals surface area (Å²) in [5.74, 6) is 0. The molecule has 0 amide bonds. The van der Waals surface area contributed by atoms with Crippen molar-refractivity contribution in [1.29, 1.82) is 0 Å². The van der Waals surface area contributed by atoms with Gasteiger partial charge in [-0.2, -0.15) is 0 Å². The predicted molar refractivity (Wildman–Crippen MR) is 67.6 cm³/mol. The Kier molecular flexibility index (Phi) is 5.77. The van der Waals surface area contributed by atoms with Crippen LogP contribution in [0.3, 0.4) is 0 Å². The van der Waals surface area contributed by atoms with Gasteiger partial charge in [0, 0.05) is 16.6 Å². The average molecular weight is 244 g/mol. The molecule has 0 aliphatic rings. The third kappa shape index (κ3) is 5.22. The van der Waals surface area contributed by atoms with Crippen LogP contribution in [0.25, 0.3) is 0 Å². The first-order valence-electron chi connectivity index (χ1n) is 4.99. The largest absolute Gasteiger partial charge is 0.312 e. The maximum absolute atomic E-state index is 5.89. The third-order valence-corrected chi connectivity index (χ3v) is 2.41. The summed E-state index contributed by atoms with van der Waals surface area (Å²) in [6, 6.07) is 5.60. The third-order valence-electron chi connectivity index (χ3n) is 1.97. The van der Waals surface area contributed by atoms with E-state index >= 15 is 0 Å². The van der Waals surface area contributed by atoms with Gasteiger partial charge in [-0.05, 0) is 43.7 Å². The molecule has 0 fully saturated rings. The smallest absolute Gasteiger partial charge is 0.0424 e. The Hall–Kier alpha value is -0.500. The molecule has 1 aromatic rings. The van der Waals surface area contributed by atoms with Crippen LogP contribution in [0.1, 0.15) is 18.9 Å². The summed E-state index contributed by atoms with van der Waals surface area (Å²) in [6.45, 7) is 3.79. The Morgan fingerprint density at radius 2 is 1.87 bits per heavy atom. The molecule has 1 rings (SSSR count). The first-order valence-corrected chi connectivity index (χ1v) is 5.75. The van der Waals surface area contributed by atoms with E-state index in [2.05, 4.69) is 17.5 Å². The number of rotatable bonds is 5. The number of benzene rings is 1. The van der Waals surface area contributed by atoms with Crippen molar-refractivity contribution >= 4 is 23.2 Å².